The van der Waals surface area contributed by atoms with Crippen molar-refractivity contribution >= 4 is 11.6 Å². The Balaban J connectivity index is 2.14. The summed E-state index contributed by atoms with van der Waals surface area (Å²) in [7, 11) is 0. The number of rotatable bonds is 6. The normalized spacial score (nSPS) is 20.4. The lowest BCUT2D eigenvalue weighted by Crippen LogP contribution is -2.33. The van der Waals surface area contributed by atoms with E-state index in [2.05, 4.69) is 9.80 Å². The summed E-state index contributed by atoms with van der Waals surface area (Å²) in [6, 6.07) is 0. The van der Waals surface area contributed by atoms with Gasteiger partial charge in [0.1, 0.15) is 0 Å². The van der Waals surface area contributed by atoms with Gasteiger partial charge in [0.05, 0.1) is 6.61 Å². The molecule has 0 amide bonds. The lowest BCUT2D eigenvalue weighted by molar-refractivity contribution is 0.114. The average Bonchev–Trinajstić information content (AvgIpc) is 2.45. The van der Waals surface area contributed by atoms with E-state index < -0.39 is 0 Å². The van der Waals surface area contributed by atoms with E-state index in [1.54, 1.807) is 0 Å². The fourth-order valence-electron chi connectivity index (χ4n) is 1.93. The maximum Gasteiger partial charge on any atom is 0.0593 e. The minimum atomic E-state index is 0.749. The first-order chi connectivity index (χ1) is 7.36. The largest absolute Gasteiger partial charge is 0.380 e. The molecule has 0 aromatic heterocycles. The van der Waals surface area contributed by atoms with E-state index in [4.69, 9.17) is 16.3 Å². The SMILES string of the molecule is CCOCCN1CCCN(CCCl)CC1. The van der Waals surface area contributed by atoms with Crippen LogP contribution >= 0.6 is 11.6 Å². The highest BCUT2D eigenvalue weighted by molar-refractivity contribution is 6.18. The monoisotopic (exact) mass is 234 g/mol. The van der Waals surface area contributed by atoms with Gasteiger partial charge < -0.3 is 9.64 Å². The van der Waals surface area contributed by atoms with Crippen LogP contribution in [0.25, 0.3) is 0 Å². The molecule has 0 unspecified atom stereocenters. The molecule has 0 atom stereocenters. The molecule has 0 saturated carbocycles. The van der Waals surface area contributed by atoms with Crippen LogP contribution in [0, 0.1) is 0 Å². The highest BCUT2D eigenvalue weighted by atomic mass is 35.5. The first-order valence-corrected chi connectivity index (χ1v) is 6.48. The van der Waals surface area contributed by atoms with Crippen LogP contribution in [0.15, 0.2) is 0 Å². The molecule has 1 saturated heterocycles. The van der Waals surface area contributed by atoms with Gasteiger partial charge in [-0.1, -0.05) is 0 Å². The molecule has 0 N–H and O–H groups in total. The van der Waals surface area contributed by atoms with Crippen LogP contribution in [0.5, 0.6) is 0 Å². The molecule has 1 fully saturated rings. The van der Waals surface area contributed by atoms with E-state index in [9.17, 15) is 0 Å². The van der Waals surface area contributed by atoms with E-state index in [0.29, 0.717) is 0 Å². The van der Waals surface area contributed by atoms with Crippen molar-refractivity contribution in [3.63, 3.8) is 0 Å². The van der Waals surface area contributed by atoms with Gasteiger partial charge in [-0.2, -0.15) is 0 Å². The van der Waals surface area contributed by atoms with Crippen LogP contribution in [-0.4, -0.2) is 68.2 Å². The van der Waals surface area contributed by atoms with E-state index >= 15 is 0 Å². The summed E-state index contributed by atoms with van der Waals surface area (Å²) in [5.41, 5.74) is 0. The Hall–Kier alpha value is 0.170. The average molecular weight is 235 g/mol. The van der Waals surface area contributed by atoms with Crippen LogP contribution in [0.4, 0.5) is 0 Å². The summed E-state index contributed by atoms with van der Waals surface area (Å²) < 4.78 is 5.38. The first kappa shape index (κ1) is 13.2. The molecule has 0 spiro atoms. The van der Waals surface area contributed by atoms with Crippen molar-refractivity contribution in [2.45, 2.75) is 13.3 Å². The third-order valence-electron chi connectivity index (χ3n) is 2.84. The Labute approximate surface area is 98.3 Å². The number of ether oxygens (including phenoxy) is 1. The van der Waals surface area contributed by atoms with E-state index in [-0.39, 0.29) is 0 Å². The fraction of sp³-hybridized carbons (Fsp3) is 1.00. The molecule has 90 valence electrons. The summed E-state index contributed by atoms with van der Waals surface area (Å²) in [5, 5.41) is 0. The smallest absolute Gasteiger partial charge is 0.0593 e. The molecule has 1 aliphatic rings. The maximum atomic E-state index is 5.75. The number of hydrogen-bond acceptors (Lipinski definition) is 3. The standard InChI is InChI=1S/C11H23ClN2O/c1-2-15-11-10-14-6-3-5-13(7-4-12)8-9-14/h2-11H2,1H3. The number of alkyl halides is 1. The minimum Gasteiger partial charge on any atom is -0.380 e. The zero-order valence-electron chi connectivity index (χ0n) is 9.75. The van der Waals surface area contributed by atoms with Crippen molar-refractivity contribution in [1.82, 2.24) is 9.80 Å². The molecule has 0 aromatic carbocycles. The van der Waals surface area contributed by atoms with Crippen molar-refractivity contribution in [3.8, 4) is 0 Å². The van der Waals surface area contributed by atoms with Gasteiger partial charge in [0.25, 0.3) is 0 Å². The van der Waals surface area contributed by atoms with Crippen molar-refractivity contribution in [2.24, 2.45) is 0 Å². The van der Waals surface area contributed by atoms with Crippen molar-refractivity contribution in [3.05, 3.63) is 0 Å². The minimum absolute atomic E-state index is 0.749. The first-order valence-electron chi connectivity index (χ1n) is 5.95. The predicted molar refractivity (Wildman–Crippen MR) is 64.7 cm³/mol. The zero-order valence-corrected chi connectivity index (χ0v) is 10.5. The summed E-state index contributed by atoms with van der Waals surface area (Å²) >= 11 is 5.75. The van der Waals surface area contributed by atoms with Crippen LogP contribution in [-0.2, 0) is 4.74 Å². The molecular formula is C11H23ClN2O. The van der Waals surface area contributed by atoms with E-state index in [0.717, 1.165) is 45.3 Å². The van der Waals surface area contributed by atoms with Crippen molar-refractivity contribution in [2.75, 3.05) is 58.4 Å². The Bertz CT molecular complexity index is 158. The van der Waals surface area contributed by atoms with E-state index in [1.165, 1.54) is 19.5 Å². The van der Waals surface area contributed by atoms with Gasteiger partial charge in [0.2, 0.25) is 0 Å². The second kappa shape index (κ2) is 8.34. The summed E-state index contributed by atoms with van der Waals surface area (Å²) in [4.78, 5) is 4.94. The Morgan fingerprint density at radius 1 is 1.07 bits per heavy atom. The third-order valence-corrected chi connectivity index (χ3v) is 3.01. The molecule has 0 aliphatic carbocycles. The summed E-state index contributed by atoms with van der Waals surface area (Å²) in [5.74, 6) is 0.749. The molecule has 1 rings (SSSR count). The maximum absolute atomic E-state index is 5.75. The molecule has 4 heteroatoms. The quantitative estimate of drug-likeness (QED) is 0.509. The zero-order chi connectivity index (χ0) is 10.9. The molecule has 3 nitrogen and oxygen atoms in total. The predicted octanol–water partition coefficient (Wildman–Crippen LogP) is 1.27. The summed E-state index contributed by atoms with van der Waals surface area (Å²) in [6.45, 7) is 10.5. The lowest BCUT2D eigenvalue weighted by atomic mass is 10.4. The number of nitrogens with zero attached hydrogens (tertiary/aromatic N) is 2. The molecule has 1 heterocycles. The highest BCUT2D eigenvalue weighted by Gasteiger charge is 2.13. The molecule has 0 bridgehead atoms. The molecule has 0 aromatic rings. The van der Waals surface area contributed by atoms with Crippen LogP contribution < -0.4 is 0 Å². The molecule has 0 radical (unpaired) electrons. The van der Waals surface area contributed by atoms with Gasteiger partial charge in [-0.3, -0.25) is 4.90 Å². The molecule has 1 aliphatic heterocycles. The van der Waals surface area contributed by atoms with Crippen LogP contribution in [0.2, 0.25) is 0 Å². The van der Waals surface area contributed by atoms with Gasteiger partial charge in [-0.25, -0.2) is 0 Å². The molecular weight excluding hydrogens is 212 g/mol. The third kappa shape index (κ3) is 5.71. The second-order valence-corrected chi connectivity index (χ2v) is 4.30. The highest BCUT2D eigenvalue weighted by Crippen LogP contribution is 2.02. The summed E-state index contributed by atoms with van der Waals surface area (Å²) in [6.07, 6.45) is 1.25. The van der Waals surface area contributed by atoms with Gasteiger partial charge in [-0.05, 0) is 26.4 Å². The topological polar surface area (TPSA) is 15.7 Å². The Morgan fingerprint density at radius 2 is 1.73 bits per heavy atom. The van der Waals surface area contributed by atoms with Gasteiger partial charge in [-0.15, -0.1) is 11.6 Å². The molecule has 15 heavy (non-hydrogen) atoms. The fourth-order valence-corrected chi connectivity index (χ4v) is 2.17. The van der Waals surface area contributed by atoms with Crippen LogP contribution in [0.3, 0.4) is 0 Å². The number of hydrogen-bond donors (Lipinski definition) is 0. The van der Waals surface area contributed by atoms with Crippen LogP contribution in [0.1, 0.15) is 13.3 Å². The number of halogens is 1. The van der Waals surface area contributed by atoms with Gasteiger partial charge >= 0.3 is 0 Å². The van der Waals surface area contributed by atoms with Crippen molar-refractivity contribution < 1.29 is 4.74 Å². The van der Waals surface area contributed by atoms with E-state index in [1.807, 2.05) is 6.92 Å². The van der Waals surface area contributed by atoms with Gasteiger partial charge in [0.15, 0.2) is 0 Å². The Kier molecular flexibility index (Phi) is 7.36. The van der Waals surface area contributed by atoms with Gasteiger partial charge in [0, 0.05) is 38.7 Å². The second-order valence-electron chi connectivity index (χ2n) is 3.92. The lowest BCUT2D eigenvalue weighted by Gasteiger charge is -2.20. The Morgan fingerprint density at radius 3 is 2.33 bits per heavy atom. The van der Waals surface area contributed by atoms with Crippen molar-refractivity contribution in [1.29, 1.82) is 0 Å².